The van der Waals surface area contributed by atoms with Crippen molar-refractivity contribution in [1.29, 1.82) is 0 Å². The summed E-state index contributed by atoms with van der Waals surface area (Å²) in [5, 5.41) is 11.5. The lowest BCUT2D eigenvalue weighted by molar-refractivity contribution is -0.384. The number of non-ortho nitro benzene ring substituents is 1. The largest absolute Gasteiger partial charge is 0.272 e. The van der Waals surface area contributed by atoms with E-state index < -0.39 is 16.7 Å². The first-order valence-electron chi connectivity index (χ1n) is 8.82. The van der Waals surface area contributed by atoms with E-state index >= 15 is 0 Å². The highest BCUT2D eigenvalue weighted by Crippen LogP contribution is 2.41. The number of halogens is 1. The normalized spacial score (nSPS) is 13.8. The number of hydrogen-bond acceptors (Lipinski definition) is 5. The smallest absolute Gasteiger partial charge is 0.268 e. The number of thioether (sulfide) groups is 1. The molecule has 4 rings (SSSR count). The van der Waals surface area contributed by atoms with Crippen molar-refractivity contribution in [3.63, 3.8) is 0 Å². The number of amides is 2. The molecule has 0 aromatic heterocycles. The zero-order valence-electron chi connectivity index (χ0n) is 15.3. The topological polar surface area (TPSA) is 80.5 Å². The maximum atomic E-state index is 13.3. The molecule has 2 amide bonds. The summed E-state index contributed by atoms with van der Waals surface area (Å²) in [6.45, 7) is 0. The number of nitro benzene ring substituents is 1. The summed E-state index contributed by atoms with van der Waals surface area (Å²) >= 11 is 7.12. The van der Waals surface area contributed by atoms with Crippen molar-refractivity contribution in [2.45, 2.75) is 4.90 Å². The molecule has 3 aromatic carbocycles. The zero-order valence-corrected chi connectivity index (χ0v) is 16.9. The first-order valence-corrected chi connectivity index (χ1v) is 10.0. The number of nitrogens with zero attached hydrogens (tertiary/aromatic N) is 2. The highest BCUT2D eigenvalue weighted by atomic mass is 35.5. The fourth-order valence-electron chi connectivity index (χ4n) is 3.04. The summed E-state index contributed by atoms with van der Waals surface area (Å²) in [6, 6.07) is 21.2. The molecule has 0 aliphatic carbocycles. The summed E-state index contributed by atoms with van der Waals surface area (Å²) in [5.74, 6) is -0.945. The minimum absolute atomic E-state index is 0.0945. The van der Waals surface area contributed by atoms with Crippen LogP contribution in [-0.4, -0.2) is 16.7 Å². The second kappa shape index (κ2) is 8.14. The predicted molar refractivity (Wildman–Crippen MR) is 116 cm³/mol. The molecule has 0 bridgehead atoms. The van der Waals surface area contributed by atoms with Gasteiger partial charge in [-0.1, -0.05) is 41.6 Å². The molecule has 0 atom stereocenters. The predicted octanol–water partition coefficient (Wildman–Crippen LogP) is 5.33. The van der Waals surface area contributed by atoms with E-state index in [0.29, 0.717) is 16.3 Å². The summed E-state index contributed by atoms with van der Waals surface area (Å²) < 4.78 is 0. The van der Waals surface area contributed by atoms with Gasteiger partial charge in [0.05, 0.1) is 21.1 Å². The molecule has 0 saturated heterocycles. The van der Waals surface area contributed by atoms with Crippen LogP contribution in [0.3, 0.4) is 0 Å². The fraction of sp³-hybridized carbons (Fsp3) is 0. The molecule has 0 fully saturated rings. The van der Waals surface area contributed by atoms with Gasteiger partial charge in [0.1, 0.15) is 0 Å². The maximum Gasteiger partial charge on any atom is 0.272 e. The van der Waals surface area contributed by atoms with E-state index in [1.54, 1.807) is 24.3 Å². The van der Waals surface area contributed by atoms with Crippen LogP contribution in [0.25, 0.3) is 5.57 Å². The minimum atomic E-state index is -0.514. The van der Waals surface area contributed by atoms with Crippen LogP contribution in [0, 0.1) is 10.1 Å². The Morgan fingerprint density at radius 2 is 1.47 bits per heavy atom. The Morgan fingerprint density at radius 1 is 0.833 bits per heavy atom. The quantitative estimate of drug-likeness (QED) is 0.307. The number of benzene rings is 3. The average molecular weight is 437 g/mol. The third-order valence-corrected chi connectivity index (χ3v) is 5.80. The summed E-state index contributed by atoms with van der Waals surface area (Å²) in [7, 11) is 0. The van der Waals surface area contributed by atoms with Crippen molar-refractivity contribution in [2.75, 3.05) is 4.90 Å². The van der Waals surface area contributed by atoms with E-state index in [9.17, 15) is 19.7 Å². The summed E-state index contributed by atoms with van der Waals surface area (Å²) in [6.07, 6.45) is 0. The number of carbonyl (C=O) groups excluding carboxylic acids is 2. The van der Waals surface area contributed by atoms with Crippen molar-refractivity contribution >= 4 is 52.1 Å². The second-order valence-electron chi connectivity index (χ2n) is 6.35. The Morgan fingerprint density at radius 3 is 2.07 bits per heavy atom. The minimum Gasteiger partial charge on any atom is -0.268 e. The lowest BCUT2D eigenvalue weighted by atomic mass is 10.1. The van der Waals surface area contributed by atoms with E-state index in [4.69, 9.17) is 11.6 Å². The van der Waals surface area contributed by atoms with Crippen LogP contribution in [0.15, 0.2) is 88.7 Å². The number of carbonyl (C=O) groups is 2. The third kappa shape index (κ3) is 3.72. The lowest BCUT2D eigenvalue weighted by Gasteiger charge is -2.15. The maximum absolute atomic E-state index is 13.3. The highest BCUT2D eigenvalue weighted by Gasteiger charge is 2.40. The van der Waals surface area contributed by atoms with Crippen molar-refractivity contribution < 1.29 is 14.5 Å². The molecule has 6 nitrogen and oxygen atoms in total. The number of rotatable bonds is 5. The van der Waals surface area contributed by atoms with Gasteiger partial charge in [-0.3, -0.25) is 19.7 Å². The van der Waals surface area contributed by atoms with Crippen LogP contribution in [-0.2, 0) is 9.59 Å². The summed E-state index contributed by atoms with van der Waals surface area (Å²) in [5.41, 5.74) is 0.952. The van der Waals surface area contributed by atoms with E-state index in [0.717, 1.165) is 9.80 Å². The van der Waals surface area contributed by atoms with Gasteiger partial charge >= 0.3 is 0 Å². The molecule has 0 spiro atoms. The first-order chi connectivity index (χ1) is 14.5. The molecule has 30 heavy (non-hydrogen) atoms. The third-order valence-electron chi connectivity index (χ3n) is 4.46. The van der Waals surface area contributed by atoms with Gasteiger partial charge in [-0.05, 0) is 54.1 Å². The van der Waals surface area contributed by atoms with Gasteiger partial charge in [0.2, 0.25) is 0 Å². The van der Waals surface area contributed by atoms with Crippen LogP contribution >= 0.6 is 23.4 Å². The van der Waals surface area contributed by atoms with Crippen LogP contribution < -0.4 is 4.90 Å². The Labute approximate surface area is 180 Å². The van der Waals surface area contributed by atoms with Crippen molar-refractivity contribution in [1.82, 2.24) is 0 Å². The first kappa shape index (κ1) is 19.9. The number of imide groups is 1. The number of hydrogen-bond donors (Lipinski definition) is 0. The van der Waals surface area contributed by atoms with Crippen molar-refractivity contribution in [2.24, 2.45) is 0 Å². The highest BCUT2D eigenvalue weighted by molar-refractivity contribution is 8.04. The van der Waals surface area contributed by atoms with Crippen molar-refractivity contribution in [3.8, 4) is 0 Å². The number of anilines is 1. The number of nitro groups is 1. The SMILES string of the molecule is O=C1C(Sc2ccccc2)=C(c2ccc([N+](=O)[O-])cc2)C(=O)N1c1ccc(Cl)cc1. The molecular formula is C22H13ClN2O4S. The Kier molecular flexibility index (Phi) is 5.39. The average Bonchev–Trinajstić information content (AvgIpc) is 2.99. The molecule has 148 valence electrons. The molecule has 1 heterocycles. The van der Waals surface area contributed by atoms with E-state index in [1.165, 1.54) is 36.0 Å². The molecule has 3 aromatic rings. The van der Waals surface area contributed by atoms with Gasteiger partial charge in [-0.15, -0.1) is 0 Å². The molecule has 8 heteroatoms. The van der Waals surface area contributed by atoms with Crippen LogP contribution in [0.1, 0.15) is 5.56 Å². The monoisotopic (exact) mass is 436 g/mol. The molecule has 0 saturated carbocycles. The fourth-order valence-corrected chi connectivity index (χ4v) is 4.18. The van der Waals surface area contributed by atoms with Gasteiger partial charge in [-0.25, -0.2) is 4.90 Å². The molecule has 0 N–H and O–H groups in total. The molecule has 0 unspecified atom stereocenters. The van der Waals surface area contributed by atoms with E-state index in [1.807, 2.05) is 30.3 Å². The van der Waals surface area contributed by atoms with Crippen LogP contribution in [0.2, 0.25) is 5.02 Å². The molecule has 0 radical (unpaired) electrons. The second-order valence-corrected chi connectivity index (χ2v) is 7.87. The van der Waals surface area contributed by atoms with Crippen molar-refractivity contribution in [3.05, 3.63) is 104 Å². The molecular weight excluding hydrogens is 424 g/mol. The Bertz CT molecular complexity index is 1180. The van der Waals surface area contributed by atoms with Gasteiger partial charge in [0, 0.05) is 22.1 Å². The van der Waals surface area contributed by atoms with Gasteiger partial charge in [0.15, 0.2) is 0 Å². The summed E-state index contributed by atoms with van der Waals surface area (Å²) in [4.78, 5) is 39.1. The Hall–Kier alpha value is -3.42. The van der Waals surface area contributed by atoms with Gasteiger partial charge < -0.3 is 0 Å². The van der Waals surface area contributed by atoms with Gasteiger partial charge in [-0.2, -0.15) is 0 Å². The Balaban J connectivity index is 1.81. The van der Waals surface area contributed by atoms with Crippen LogP contribution in [0.5, 0.6) is 0 Å². The lowest BCUT2D eigenvalue weighted by Crippen LogP contribution is -2.31. The zero-order chi connectivity index (χ0) is 21.3. The van der Waals surface area contributed by atoms with Gasteiger partial charge in [0.25, 0.3) is 17.5 Å². The van der Waals surface area contributed by atoms with E-state index in [-0.39, 0.29) is 16.2 Å². The molecule has 1 aliphatic heterocycles. The molecule has 1 aliphatic rings. The van der Waals surface area contributed by atoms with Crippen LogP contribution in [0.4, 0.5) is 11.4 Å². The van der Waals surface area contributed by atoms with E-state index in [2.05, 4.69) is 0 Å². The standard InChI is InChI=1S/C22H13ClN2O4S/c23-15-8-12-16(13-9-15)24-21(26)19(14-6-10-17(11-7-14)25(28)29)20(22(24)27)30-18-4-2-1-3-5-18/h1-13H.